The quantitative estimate of drug-likeness (QED) is 0.753. The number of hydrogen-bond donors (Lipinski definition) is 0. The van der Waals surface area contributed by atoms with Crippen LogP contribution in [0.25, 0.3) is 0 Å². The van der Waals surface area contributed by atoms with Crippen molar-refractivity contribution in [2.24, 2.45) is 0 Å². The van der Waals surface area contributed by atoms with Gasteiger partial charge in [-0.2, -0.15) is 0 Å². The number of rotatable bonds is 5. The monoisotopic (exact) mass is 220 g/mol. The Morgan fingerprint density at radius 1 is 1.12 bits per heavy atom. The Morgan fingerprint density at radius 3 is 2.50 bits per heavy atom. The van der Waals surface area contributed by atoms with Crippen LogP contribution in [0.5, 0.6) is 0 Å². The van der Waals surface area contributed by atoms with E-state index < -0.39 is 0 Å². The van der Waals surface area contributed by atoms with Crippen LogP contribution in [0.15, 0.2) is 35.9 Å². The van der Waals surface area contributed by atoms with Crippen LogP contribution in [0, 0.1) is 0 Å². The average molecular weight is 220 g/mol. The fourth-order valence-electron chi connectivity index (χ4n) is 1.68. The van der Waals surface area contributed by atoms with Crippen LogP contribution in [0.1, 0.15) is 13.3 Å². The van der Waals surface area contributed by atoms with Crippen molar-refractivity contribution in [3.63, 3.8) is 0 Å². The van der Waals surface area contributed by atoms with Crippen molar-refractivity contribution in [2.75, 3.05) is 0 Å². The molecule has 0 saturated carbocycles. The number of hydrogen-bond acceptors (Lipinski definition) is 2. The number of nitrogens with zero attached hydrogens (tertiary/aromatic N) is 4. The van der Waals surface area contributed by atoms with E-state index in [1.54, 1.807) is 21.7 Å². The van der Waals surface area contributed by atoms with Crippen molar-refractivity contribution in [3.8, 4) is 0 Å². The molecule has 0 saturated heterocycles. The van der Waals surface area contributed by atoms with Gasteiger partial charge in [0.1, 0.15) is 0 Å². The third-order valence-electron chi connectivity index (χ3n) is 2.54. The van der Waals surface area contributed by atoms with Gasteiger partial charge in [-0.25, -0.2) is 9.78 Å². The first kappa shape index (κ1) is 10.7. The molecule has 0 bridgehead atoms. The fraction of sp³-hybridized carbons (Fsp3) is 0.455. The summed E-state index contributed by atoms with van der Waals surface area (Å²) in [5.74, 6) is 0. The van der Waals surface area contributed by atoms with Crippen molar-refractivity contribution in [2.45, 2.75) is 33.0 Å². The maximum absolute atomic E-state index is 11.8. The Labute approximate surface area is 94.0 Å². The van der Waals surface area contributed by atoms with Crippen LogP contribution < -0.4 is 5.69 Å². The van der Waals surface area contributed by atoms with E-state index in [1.165, 1.54) is 0 Å². The van der Waals surface area contributed by atoms with Crippen LogP contribution in [-0.4, -0.2) is 18.7 Å². The summed E-state index contributed by atoms with van der Waals surface area (Å²) in [5.41, 5.74) is 0.0713. The Morgan fingerprint density at radius 2 is 1.88 bits per heavy atom. The third-order valence-corrected chi connectivity index (χ3v) is 2.54. The summed E-state index contributed by atoms with van der Waals surface area (Å²) in [5, 5.41) is 0. The number of imidazole rings is 2. The van der Waals surface area contributed by atoms with Crippen LogP contribution in [0.4, 0.5) is 0 Å². The van der Waals surface area contributed by atoms with Gasteiger partial charge in [-0.15, -0.1) is 0 Å². The minimum Gasteiger partial charge on any atom is -0.336 e. The molecule has 5 nitrogen and oxygen atoms in total. The van der Waals surface area contributed by atoms with E-state index >= 15 is 0 Å². The van der Waals surface area contributed by atoms with Gasteiger partial charge in [-0.1, -0.05) is 6.92 Å². The molecule has 0 atom stereocenters. The molecule has 0 unspecified atom stereocenters. The second-order valence-electron chi connectivity index (χ2n) is 3.77. The standard InChI is InChI=1S/C11H16N4O/c1-2-4-14-8-9-15(11(14)16)7-6-13-5-3-12-10-13/h3,5,8-10H,2,4,6-7H2,1H3. The summed E-state index contributed by atoms with van der Waals surface area (Å²) < 4.78 is 5.44. The van der Waals surface area contributed by atoms with Gasteiger partial charge in [-0.05, 0) is 6.42 Å². The van der Waals surface area contributed by atoms with E-state index in [1.807, 2.05) is 23.2 Å². The smallest absolute Gasteiger partial charge is 0.328 e. The minimum absolute atomic E-state index is 0.0713. The molecular weight excluding hydrogens is 204 g/mol. The molecule has 0 aliphatic heterocycles. The van der Waals surface area contributed by atoms with Gasteiger partial charge in [0.2, 0.25) is 0 Å². The van der Waals surface area contributed by atoms with Gasteiger partial charge >= 0.3 is 5.69 Å². The summed E-state index contributed by atoms with van der Waals surface area (Å²) in [4.78, 5) is 15.8. The predicted octanol–water partition coefficient (Wildman–Crippen LogP) is 0.956. The van der Waals surface area contributed by atoms with Crippen LogP contribution in [0.2, 0.25) is 0 Å². The van der Waals surface area contributed by atoms with Gasteiger partial charge < -0.3 is 4.57 Å². The molecule has 0 aromatic carbocycles. The van der Waals surface area contributed by atoms with Crippen LogP contribution in [0.3, 0.4) is 0 Å². The Bertz CT molecular complexity index is 480. The molecule has 0 fully saturated rings. The lowest BCUT2D eigenvalue weighted by atomic mass is 10.5. The number of aromatic nitrogens is 4. The SMILES string of the molecule is CCCn1ccn(CCn2ccnc2)c1=O. The molecule has 0 aliphatic rings. The molecule has 0 aliphatic carbocycles. The van der Waals surface area contributed by atoms with E-state index in [-0.39, 0.29) is 5.69 Å². The molecule has 0 N–H and O–H groups in total. The molecule has 0 amide bonds. The predicted molar refractivity (Wildman–Crippen MR) is 61.2 cm³/mol. The second kappa shape index (κ2) is 4.83. The van der Waals surface area contributed by atoms with Gasteiger partial charge in [0.15, 0.2) is 0 Å². The minimum atomic E-state index is 0.0713. The molecule has 5 heteroatoms. The van der Waals surface area contributed by atoms with Gasteiger partial charge in [0.05, 0.1) is 6.33 Å². The highest BCUT2D eigenvalue weighted by molar-refractivity contribution is 4.82. The van der Waals surface area contributed by atoms with Crippen molar-refractivity contribution < 1.29 is 0 Å². The summed E-state index contributed by atoms with van der Waals surface area (Å²) in [6, 6.07) is 0. The third kappa shape index (κ3) is 2.24. The van der Waals surface area contributed by atoms with Crippen molar-refractivity contribution in [1.82, 2.24) is 18.7 Å². The highest BCUT2D eigenvalue weighted by atomic mass is 16.1. The summed E-state index contributed by atoms with van der Waals surface area (Å²) in [6.45, 7) is 4.31. The van der Waals surface area contributed by atoms with E-state index in [9.17, 15) is 4.79 Å². The Kier molecular flexibility index (Phi) is 3.24. The molecule has 2 rings (SSSR count). The van der Waals surface area contributed by atoms with E-state index in [0.717, 1.165) is 19.5 Å². The summed E-state index contributed by atoms with van der Waals surface area (Å²) in [6.07, 6.45) is 10.1. The first-order valence-corrected chi connectivity index (χ1v) is 5.52. The lowest BCUT2D eigenvalue weighted by Gasteiger charge is -2.02. The molecule has 0 radical (unpaired) electrons. The molecule has 2 heterocycles. The zero-order valence-corrected chi connectivity index (χ0v) is 9.41. The molecule has 16 heavy (non-hydrogen) atoms. The molecule has 2 aromatic rings. The summed E-state index contributed by atoms with van der Waals surface area (Å²) >= 11 is 0. The Hall–Kier alpha value is -1.78. The highest BCUT2D eigenvalue weighted by Crippen LogP contribution is 1.91. The highest BCUT2D eigenvalue weighted by Gasteiger charge is 2.01. The first-order chi connectivity index (χ1) is 7.81. The van der Waals surface area contributed by atoms with E-state index in [4.69, 9.17) is 0 Å². The van der Waals surface area contributed by atoms with Crippen LogP contribution in [-0.2, 0) is 19.6 Å². The largest absolute Gasteiger partial charge is 0.336 e. The van der Waals surface area contributed by atoms with E-state index in [0.29, 0.717) is 6.54 Å². The molecular formula is C11H16N4O. The normalized spacial score (nSPS) is 10.8. The lowest BCUT2D eigenvalue weighted by Crippen LogP contribution is -2.25. The van der Waals surface area contributed by atoms with Gasteiger partial charge in [0, 0.05) is 44.4 Å². The van der Waals surface area contributed by atoms with Crippen molar-refractivity contribution in [1.29, 1.82) is 0 Å². The zero-order valence-electron chi connectivity index (χ0n) is 9.41. The second-order valence-corrected chi connectivity index (χ2v) is 3.77. The van der Waals surface area contributed by atoms with Gasteiger partial charge in [0.25, 0.3) is 0 Å². The molecule has 0 spiro atoms. The van der Waals surface area contributed by atoms with Crippen molar-refractivity contribution >= 4 is 0 Å². The first-order valence-electron chi connectivity index (χ1n) is 5.52. The number of aryl methyl sites for hydroxylation is 3. The molecule has 2 aromatic heterocycles. The molecule has 86 valence electrons. The van der Waals surface area contributed by atoms with Gasteiger partial charge in [-0.3, -0.25) is 9.13 Å². The summed E-state index contributed by atoms with van der Waals surface area (Å²) in [7, 11) is 0. The average Bonchev–Trinajstić information content (AvgIpc) is 2.89. The fourth-order valence-corrected chi connectivity index (χ4v) is 1.68. The van der Waals surface area contributed by atoms with E-state index in [2.05, 4.69) is 11.9 Å². The van der Waals surface area contributed by atoms with Crippen LogP contribution >= 0.6 is 0 Å². The lowest BCUT2D eigenvalue weighted by molar-refractivity contribution is 0.545. The topological polar surface area (TPSA) is 44.8 Å². The zero-order chi connectivity index (χ0) is 11.4. The van der Waals surface area contributed by atoms with Crippen molar-refractivity contribution in [3.05, 3.63) is 41.6 Å². The maximum atomic E-state index is 11.8. The maximum Gasteiger partial charge on any atom is 0.328 e. The Balaban J connectivity index is 2.02.